The van der Waals surface area contributed by atoms with Crippen molar-refractivity contribution in [2.45, 2.75) is 13.3 Å². The summed E-state index contributed by atoms with van der Waals surface area (Å²) in [5.74, 6) is 0.938. The quantitative estimate of drug-likeness (QED) is 0.396. The van der Waals surface area contributed by atoms with Crippen LogP contribution in [-0.2, 0) is 0 Å². The number of H-pyrrole nitrogens is 1. The Morgan fingerprint density at radius 3 is 3.17 bits per heavy atom. The number of imidazole rings is 1. The van der Waals surface area contributed by atoms with E-state index in [1.807, 2.05) is 0 Å². The number of nitrogens with one attached hydrogen (secondary N) is 4. The van der Waals surface area contributed by atoms with Gasteiger partial charge in [-0.2, -0.15) is 0 Å². The van der Waals surface area contributed by atoms with E-state index < -0.39 is 0 Å². The maximum Gasteiger partial charge on any atom is 0.194 e. The lowest BCUT2D eigenvalue weighted by Crippen LogP contribution is -2.30. The van der Waals surface area contributed by atoms with Gasteiger partial charge in [0.05, 0.1) is 6.33 Å². The first-order chi connectivity index (χ1) is 5.83. The lowest BCUT2D eigenvalue weighted by Gasteiger charge is -2.05. The molecule has 0 aliphatic heterocycles. The summed E-state index contributed by atoms with van der Waals surface area (Å²) in [6, 6.07) is 0. The third kappa shape index (κ3) is 2.61. The molecule has 0 unspecified atom stereocenters. The highest BCUT2D eigenvalue weighted by molar-refractivity contribution is 5.89. The second-order valence-corrected chi connectivity index (χ2v) is 2.38. The van der Waals surface area contributed by atoms with Gasteiger partial charge in [0.25, 0.3) is 0 Å². The van der Waals surface area contributed by atoms with Crippen molar-refractivity contribution in [3.63, 3.8) is 0 Å². The Balaban J connectivity index is 2.27. The van der Waals surface area contributed by atoms with Gasteiger partial charge < -0.3 is 15.6 Å². The molecule has 0 radical (unpaired) electrons. The molecular weight excluding hydrogens is 154 g/mol. The van der Waals surface area contributed by atoms with Crippen LogP contribution in [0, 0.1) is 5.41 Å². The van der Waals surface area contributed by atoms with Gasteiger partial charge in [0.1, 0.15) is 0 Å². The van der Waals surface area contributed by atoms with Gasteiger partial charge in [-0.25, -0.2) is 4.98 Å². The van der Waals surface area contributed by atoms with Crippen LogP contribution >= 0.6 is 0 Å². The van der Waals surface area contributed by atoms with Crippen LogP contribution in [0.2, 0.25) is 0 Å². The summed E-state index contributed by atoms with van der Waals surface area (Å²) in [7, 11) is 0. The normalized spacial score (nSPS) is 9.42. The molecule has 0 saturated heterocycles. The zero-order valence-electron chi connectivity index (χ0n) is 7.02. The first kappa shape index (κ1) is 8.58. The Morgan fingerprint density at radius 2 is 2.58 bits per heavy atom. The topological polar surface area (TPSA) is 76.6 Å². The smallest absolute Gasteiger partial charge is 0.194 e. The Labute approximate surface area is 71.1 Å². The Morgan fingerprint density at radius 1 is 1.75 bits per heavy atom. The van der Waals surface area contributed by atoms with Crippen molar-refractivity contribution in [3.05, 3.63) is 12.5 Å². The molecule has 12 heavy (non-hydrogen) atoms. The molecule has 0 aliphatic carbocycles. The third-order valence-electron chi connectivity index (χ3n) is 1.30. The lowest BCUT2D eigenvalue weighted by molar-refractivity contribution is 0.834. The number of aromatic amines is 1. The van der Waals surface area contributed by atoms with Crippen molar-refractivity contribution >= 4 is 11.8 Å². The predicted molar refractivity (Wildman–Crippen MR) is 48.2 cm³/mol. The molecule has 0 bridgehead atoms. The molecular formula is C7H13N5. The van der Waals surface area contributed by atoms with Crippen LogP contribution in [0.25, 0.3) is 0 Å². The zero-order chi connectivity index (χ0) is 8.81. The van der Waals surface area contributed by atoms with Crippen molar-refractivity contribution in [2.24, 2.45) is 0 Å². The van der Waals surface area contributed by atoms with Crippen molar-refractivity contribution in [3.8, 4) is 0 Å². The van der Waals surface area contributed by atoms with Gasteiger partial charge in [0.2, 0.25) is 0 Å². The van der Waals surface area contributed by atoms with Gasteiger partial charge in [-0.3, -0.25) is 5.41 Å². The zero-order valence-corrected chi connectivity index (χ0v) is 7.02. The largest absolute Gasteiger partial charge is 0.356 e. The molecule has 1 aromatic rings. The molecule has 5 heteroatoms. The molecule has 5 nitrogen and oxygen atoms in total. The number of rotatable bonds is 3. The number of hydrogen-bond acceptors (Lipinski definition) is 2. The maximum atomic E-state index is 7.39. The minimum atomic E-state index is 0.281. The second kappa shape index (κ2) is 4.38. The summed E-state index contributed by atoms with van der Waals surface area (Å²) in [4.78, 5) is 6.71. The van der Waals surface area contributed by atoms with E-state index in [2.05, 4.69) is 27.5 Å². The van der Waals surface area contributed by atoms with Crippen LogP contribution in [0.15, 0.2) is 12.5 Å². The first-order valence-corrected chi connectivity index (χ1v) is 3.91. The van der Waals surface area contributed by atoms with Crippen LogP contribution in [0.4, 0.5) is 5.82 Å². The van der Waals surface area contributed by atoms with E-state index in [-0.39, 0.29) is 5.96 Å². The van der Waals surface area contributed by atoms with Crippen LogP contribution in [-0.4, -0.2) is 22.5 Å². The van der Waals surface area contributed by atoms with E-state index >= 15 is 0 Å². The highest BCUT2D eigenvalue weighted by atomic mass is 15.2. The van der Waals surface area contributed by atoms with Crippen LogP contribution in [0.3, 0.4) is 0 Å². The van der Waals surface area contributed by atoms with E-state index in [0.717, 1.165) is 13.0 Å². The van der Waals surface area contributed by atoms with Crippen LogP contribution in [0.5, 0.6) is 0 Å². The van der Waals surface area contributed by atoms with Crippen LogP contribution < -0.4 is 10.6 Å². The standard InChI is InChI=1S/C7H13N5/c1-2-3-10-7(8)12-6-4-9-5-11-6/h4-5H,2-3H2,1H3,(H,9,11)(H3,8,10,12). The fourth-order valence-electron chi connectivity index (χ4n) is 0.751. The second-order valence-electron chi connectivity index (χ2n) is 2.38. The molecule has 0 spiro atoms. The van der Waals surface area contributed by atoms with E-state index in [4.69, 9.17) is 5.41 Å². The average Bonchev–Trinajstić information content (AvgIpc) is 2.53. The highest BCUT2D eigenvalue weighted by Crippen LogP contribution is 1.95. The van der Waals surface area contributed by atoms with Crippen molar-refractivity contribution in [1.29, 1.82) is 5.41 Å². The van der Waals surface area contributed by atoms with E-state index in [9.17, 15) is 0 Å². The molecule has 0 atom stereocenters. The highest BCUT2D eigenvalue weighted by Gasteiger charge is 1.95. The minimum Gasteiger partial charge on any atom is -0.356 e. The summed E-state index contributed by atoms with van der Waals surface area (Å²) < 4.78 is 0. The van der Waals surface area contributed by atoms with Gasteiger partial charge >= 0.3 is 0 Å². The van der Waals surface area contributed by atoms with Gasteiger partial charge in [-0.1, -0.05) is 6.92 Å². The minimum absolute atomic E-state index is 0.281. The molecule has 1 aromatic heterocycles. The number of aromatic nitrogens is 2. The first-order valence-electron chi connectivity index (χ1n) is 3.91. The molecule has 4 N–H and O–H groups in total. The molecule has 0 aromatic carbocycles. The van der Waals surface area contributed by atoms with Gasteiger partial charge in [0, 0.05) is 12.7 Å². The number of anilines is 1. The van der Waals surface area contributed by atoms with Gasteiger partial charge in [-0.15, -0.1) is 0 Å². The molecule has 66 valence electrons. The molecule has 0 fully saturated rings. The molecule has 0 amide bonds. The third-order valence-corrected chi connectivity index (χ3v) is 1.30. The van der Waals surface area contributed by atoms with Crippen molar-refractivity contribution < 1.29 is 0 Å². The van der Waals surface area contributed by atoms with Crippen molar-refractivity contribution in [1.82, 2.24) is 15.3 Å². The SMILES string of the molecule is CCCNC(=N)Nc1c[nH]cn1. The van der Waals surface area contributed by atoms with E-state index in [1.165, 1.54) is 0 Å². The van der Waals surface area contributed by atoms with E-state index in [0.29, 0.717) is 5.82 Å². The Hall–Kier alpha value is -1.52. The lowest BCUT2D eigenvalue weighted by atomic mass is 10.5. The van der Waals surface area contributed by atoms with Gasteiger partial charge in [0.15, 0.2) is 11.8 Å². The summed E-state index contributed by atoms with van der Waals surface area (Å²) in [6.07, 6.45) is 4.27. The fraction of sp³-hybridized carbons (Fsp3) is 0.429. The Kier molecular flexibility index (Phi) is 3.13. The van der Waals surface area contributed by atoms with Crippen LogP contribution in [0.1, 0.15) is 13.3 Å². The fourth-order valence-corrected chi connectivity index (χ4v) is 0.751. The Bertz CT molecular complexity index is 228. The summed E-state index contributed by atoms with van der Waals surface area (Å²) >= 11 is 0. The van der Waals surface area contributed by atoms with Crippen molar-refractivity contribution in [2.75, 3.05) is 11.9 Å². The molecule has 1 rings (SSSR count). The number of hydrogen-bond donors (Lipinski definition) is 4. The predicted octanol–water partition coefficient (Wildman–Crippen LogP) is 0.756. The summed E-state index contributed by atoms with van der Waals surface area (Å²) in [6.45, 7) is 2.85. The maximum absolute atomic E-state index is 7.39. The number of guanidine groups is 1. The average molecular weight is 167 g/mol. The number of nitrogens with zero attached hydrogens (tertiary/aromatic N) is 1. The molecule has 1 heterocycles. The monoisotopic (exact) mass is 167 g/mol. The molecule has 0 saturated carbocycles. The van der Waals surface area contributed by atoms with Gasteiger partial charge in [-0.05, 0) is 6.42 Å². The van der Waals surface area contributed by atoms with E-state index in [1.54, 1.807) is 12.5 Å². The summed E-state index contributed by atoms with van der Waals surface area (Å²) in [5.41, 5.74) is 0. The molecule has 0 aliphatic rings. The summed E-state index contributed by atoms with van der Waals surface area (Å²) in [5, 5.41) is 13.1.